The molecule has 1 fully saturated rings. The van der Waals surface area contributed by atoms with Gasteiger partial charge < -0.3 is 21.3 Å². The van der Waals surface area contributed by atoms with E-state index in [9.17, 15) is 9.59 Å². The number of nitrogens with zero attached hydrogens (tertiary/aromatic N) is 2. The van der Waals surface area contributed by atoms with Crippen LogP contribution in [0.5, 0.6) is 0 Å². The van der Waals surface area contributed by atoms with Gasteiger partial charge in [-0.15, -0.1) is 0 Å². The number of carbonyl (C=O) groups is 2. The zero-order valence-electron chi connectivity index (χ0n) is 11.8. The Balaban J connectivity index is 2.25. The monoisotopic (exact) mass is 276 g/mol. The third-order valence-corrected chi connectivity index (χ3v) is 3.55. The van der Waals surface area contributed by atoms with Gasteiger partial charge in [0.25, 0.3) is 5.91 Å². The van der Waals surface area contributed by atoms with Crippen molar-refractivity contribution in [3.8, 4) is 0 Å². The molecule has 6 nitrogen and oxygen atoms in total. The van der Waals surface area contributed by atoms with Crippen molar-refractivity contribution in [2.24, 2.45) is 0 Å². The Bertz CT molecular complexity index is 542. The lowest BCUT2D eigenvalue weighted by molar-refractivity contribution is -0.132. The van der Waals surface area contributed by atoms with E-state index < -0.39 is 6.04 Å². The van der Waals surface area contributed by atoms with Crippen molar-refractivity contribution in [2.75, 3.05) is 32.1 Å². The summed E-state index contributed by atoms with van der Waals surface area (Å²) in [6.07, 6.45) is 1.52. The average molecular weight is 276 g/mol. The van der Waals surface area contributed by atoms with Gasteiger partial charge in [0, 0.05) is 32.0 Å². The van der Waals surface area contributed by atoms with Crippen LogP contribution in [0.15, 0.2) is 18.2 Å². The fourth-order valence-corrected chi connectivity index (χ4v) is 2.50. The molecule has 0 aromatic heterocycles. The summed E-state index contributed by atoms with van der Waals surface area (Å²) >= 11 is 0. The molecule has 2 rings (SSSR count). The molecule has 1 unspecified atom stereocenters. The first-order valence-corrected chi connectivity index (χ1v) is 6.59. The highest BCUT2D eigenvalue weighted by Gasteiger charge is 2.35. The molecule has 1 atom stereocenters. The van der Waals surface area contributed by atoms with Crippen LogP contribution in [0, 0.1) is 0 Å². The molecule has 1 aliphatic rings. The fraction of sp³-hybridized carbons (Fsp3) is 0.429. The summed E-state index contributed by atoms with van der Waals surface area (Å²) in [7, 11) is 3.39. The van der Waals surface area contributed by atoms with Crippen molar-refractivity contribution < 1.29 is 9.59 Å². The van der Waals surface area contributed by atoms with E-state index in [-0.39, 0.29) is 11.8 Å². The molecular weight excluding hydrogens is 256 g/mol. The standard InChI is InChI=1S/C14H20N4O2/c1-17(2)14(20)12-4-3-7-18(12)13(19)10-6-5-9(15)8-11(10)16/h5-6,8,12H,3-4,7,15-16H2,1-2H3. The van der Waals surface area contributed by atoms with Gasteiger partial charge in [0.2, 0.25) is 5.91 Å². The van der Waals surface area contributed by atoms with Crippen molar-refractivity contribution >= 4 is 23.2 Å². The molecule has 108 valence electrons. The summed E-state index contributed by atoms with van der Waals surface area (Å²) in [5.74, 6) is -0.259. The van der Waals surface area contributed by atoms with E-state index in [1.165, 1.54) is 4.90 Å². The molecule has 0 saturated carbocycles. The molecule has 6 heteroatoms. The number of nitrogen functional groups attached to an aromatic ring is 2. The maximum atomic E-state index is 12.6. The first-order chi connectivity index (χ1) is 9.41. The molecule has 20 heavy (non-hydrogen) atoms. The minimum Gasteiger partial charge on any atom is -0.399 e. The third-order valence-electron chi connectivity index (χ3n) is 3.55. The number of benzene rings is 1. The highest BCUT2D eigenvalue weighted by molar-refractivity contribution is 6.02. The van der Waals surface area contributed by atoms with E-state index in [0.717, 1.165) is 6.42 Å². The van der Waals surface area contributed by atoms with Gasteiger partial charge in [0.05, 0.1) is 5.56 Å². The van der Waals surface area contributed by atoms with Crippen molar-refractivity contribution in [1.29, 1.82) is 0 Å². The topological polar surface area (TPSA) is 92.7 Å². The number of carbonyl (C=O) groups excluding carboxylic acids is 2. The lowest BCUT2D eigenvalue weighted by atomic mass is 10.1. The molecule has 1 aromatic carbocycles. The number of hydrogen-bond donors (Lipinski definition) is 2. The van der Waals surface area contributed by atoms with Crippen molar-refractivity contribution in [3.05, 3.63) is 23.8 Å². The summed E-state index contributed by atoms with van der Waals surface area (Å²) in [4.78, 5) is 27.8. The van der Waals surface area contributed by atoms with Crippen LogP contribution < -0.4 is 11.5 Å². The van der Waals surface area contributed by atoms with E-state index >= 15 is 0 Å². The van der Waals surface area contributed by atoms with Gasteiger partial charge in [-0.3, -0.25) is 9.59 Å². The summed E-state index contributed by atoms with van der Waals surface area (Å²) in [6.45, 7) is 0.576. The minimum absolute atomic E-state index is 0.0510. The van der Waals surface area contributed by atoms with Gasteiger partial charge in [0.15, 0.2) is 0 Å². The van der Waals surface area contributed by atoms with Crippen LogP contribution in [0.3, 0.4) is 0 Å². The number of rotatable bonds is 2. The molecule has 2 amide bonds. The van der Waals surface area contributed by atoms with Crippen molar-refractivity contribution in [3.63, 3.8) is 0 Å². The van der Waals surface area contributed by atoms with E-state index in [1.807, 2.05) is 0 Å². The van der Waals surface area contributed by atoms with Crippen LogP contribution in [-0.2, 0) is 4.79 Å². The smallest absolute Gasteiger partial charge is 0.256 e. The first-order valence-electron chi connectivity index (χ1n) is 6.59. The van der Waals surface area contributed by atoms with E-state index in [0.29, 0.717) is 29.9 Å². The predicted octanol–water partition coefficient (Wildman–Crippen LogP) is 0.544. The average Bonchev–Trinajstić information content (AvgIpc) is 2.86. The van der Waals surface area contributed by atoms with Crippen molar-refractivity contribution in [2.45, 2.75) is 18.9 Å². The Morgan fingerprint density at radius 2 is 2.00 bits per heavy atom. The summed E-state index contributed by atoms with van der Waals surface area (Å²) in [5, 5.41) is 0. The highest BCUT2D eigenvalue weighted by Crippen LogP contribution is 2.24. The quantitative estimate of drug-likeness (QED) is 0.771. The van der Waals surface area contributed by atoms with Crippen LogP contribution in [0.25, 0.3) is 0 Å². The normalized spacial score (nSPS) is 18.1. The van der Waals surface area contributed by atoms with E-state index in [2.05, 4.69) is 0 Å². The largest absolute Gasteiger partial charge is 0.399 e. The maximum absolute atomic E-state index is 12.6. The number of likely N-dealkylation sites (N-methyl/N-ethyl adjacent to an activating group) is 1. The second kappa shape index (κ2) is 5.40. The van der Waals surface area contributed by atoms with Crippen LogP contribution in [0.2, 0.25) is 0 Å². The molecular formula is C14H20N4O2. The molecule has 4 N–H and O–H groups in total. The highest BCUT2D eigenvalue weighted by atomic mass is 16.2. The molecule has 1 aromatic rings. The number of hydrogen-bond acceptors (Lipinski definition) is 4. The molecule has 0 bridgehead atoms. The Morgan fingerprint density at radius 1 is 1.30 bits per heavy atom. The lowest BCUT2D eigenvalue weighted by Crippen LogP contribution is -2.45. The molecule has 0 radical (unpaired) electrons. The number of amides is 2. The van der Waals surface area contributed by atoms with Crippen LogP contribution in [-0.4, -0.2) is 48.3 Å². The SMILES string of the molecule is CN(C)C(=O)C1CCCN1C(=O)c1ccc(N)cc1N. The Kier molecular flexibility index (Phi) is 3.83. The van der Waals surface area contributed by atoms with Gasteiger partial charge in [-0.2, -0.15) is 0 Å². The second-order valence-electron chi connectivity index (χ2n) is 5.24. The van der Waals surface area contributed by atoms with Crippen LogP contribution in [0.4, 0.5) is 11.4 Å². The predicted molar refractivity (Wildman–Crippen MR) is 78.0 cm³/mol. The molecule has 1 aliphatic heterocycles. The number of nitrogens with two attached hydrogens (primary N) is 2. The Labute approximate surface area is 118 Å². The van der Waals surface area contributed by atoms with Gasteiger partial charge in [-0.05, 0) is 31.0 Å². The van der Waals surface area contributed by atoms with Gasteiger partial charge in [-0.25, -0.2) is 0 Å². The van der Waals surface area contributed by atoms with Crippen LogP contribution in [0.1, 0.15) is 23.2 Å². The van der Waals surface area contributed by atoms with Gasteiger partial charge >= 0.3 is 0 Å². The van der Waals surface area contributed by atoms with Crippen LogP contribution >= 0.6 is 0 Å². The summed E-state index contributed by atoms with van der Waals surface area (Å²) in [5.41, 5.74) is 12.7. The molecule has 0 spiro atoms. The fourth-order valence-electron chi connectivity index (χ4n) is 2.50. The van der Waals surface area contributed by atoms with E-state index in [4.69, 9.17) is 11.5 Å². The second-order valence-corrected chi connectivity index (χ2v) is 5.24. The number of anilines is 2. The van der Waals surface area contributed by atoms with Gasteiger partial charge in [-0.1, -0.05) is 0 Å². The summed E-state index contributed by atoms with van der Waals surface area (Å²) < 4.78 is 0. The third kappa shape index (κ3) is 2.54. The Morgan fingerprint density at radius 3 is 2.60 bits per heavy atom. The first kappa shape index (κ1) is 14.2. The molecule has 0 aliphatic carbocycles. The molecule has 1 saturated heterocycles. The molecule has 1 heterocycles. The number of likely N-dealkylation sites (tertiary alicyclic amines) is 1. The lowest BCUT2D eigenvalue weighted by Gasteiger charge is -2.26. The summed E-state index contributed by atoms with van der Waals surface area (Å²) in [6, 6.07) is 4.42. The van der Waals surface area contributed by atoms with Gasteiger partial charge in [0.1, 0.15) is 6.04 Å². The maximum Gasteiger partial charge on any atom is 0.256 e. The minimum atomic E-state index is -0.394. The zero-order valence-corrected chi connectivity index (χ0v) is 11.8. The van der Waals surface area contributed by atoms with E-state index in [1.54, 1.807) is 37.2 Å². The Hall–Kier alpha value is -2.24. The zero-order chi connectivity index (χ0) is 14.9. The van der Waals surface area contributed by atoms with Crippen molar-refractivity contribution in [1.82, 2.24) is 9.80 Å².